The number of likely N-dealkylation sites (tertiary alicyclic amines) is 1. The molecule has 16 heavy (non-hydrogen) atoms. The second kappa shape index (κ2) is 5.48. The zero-order valence-corrected chi connectivity index (χ0v) is 11.3. The molecular formula is C12H14BrClFN. The lowest BCUT2D eigenvalue weighted by Gasteiger charge is -2.16. The van der Waals surface area contributed by atoms with Gasteiger partial charge in [-0.05, 0) is 36.6 Å². The second-order valence-electron chi connectivity index (χ2n) is 4.28. The molecule has 1 aromatic rings. The third-order valence-corrected chi connectivity index (χ3v) is 4.26. The first-order chi connectivity index (χ1) is 7.69. The summed E-state index contributed by atoms with van der Waals surface area (Å²) in [4.78, 5) is 2.37. The molecule has 88 valence electrons. The van der Waals surface area contributed by atoms with Crippen molar-refractivity contribution in [3.8, 4) is 0 Å². The van der Waals surface area contributed by atoms with Gasteiger partial charge in [-0.3, -0.25) is 4.90 Å². The van der Waals surface area contributed by atoms with Gasteiger partial charge in [-0.1, -0.05) is 33.6 Å². The Morgan fingerprint density at radius 3 is 2.94 bits per heavy atom. The van der Waals surface area contributed by atoms with Crippen LogP contribution >= 0.6 is 27.5 Å². The first-order valence-electron chi connectivity index (χ1n) is 5.41. The van der Waals surface area contributed by atoms with E-state index in [0.717, 1.165) is 36.4 Å². The van der Waals surface area contributed by atoms with Gasteiger partial charge in [0.25, 0.3) is 0 Å². The van der Waals surface area contributed by atoms with E-state index in [-0.39, 0.29) is 5.82 Å². The first-order valence-corrected chi connectivity index (χ1v) is 6.91. The van der Waals surface area contributed by atoms with E-state index in [4.69, 9.17) is 11.6 Å². The van der Waals surface area contributed by atoms with Gasteiger partial charge >= 0.3 is 0 Å². The highest BCUT2D eigenvalue weighted by Gasteiger charge is 2.21. The number of rotatable bonds is 3. The maximum atomic E-state index is 12.9. The van der Waals surface area contributed by atoms with Gasteiger partial charge in [0.2, 0.25) is 0 Å². The van der Waals surface area contributed by atoms with E-state index in [1.165, 1.54) is 18.6 Å². The summed E-state index contributed by atoms with van der Waals surface area (Å²) in [5.41, 5.74) is 1.01. The standard InChI is InChI=1S/C12H14BrClFN/c13-6-9-3-4-16(7-9)8-10-1-2-11(15)5-12(10)14/h1-2,5,9H,3-4,6-8H2. The van der Waals surface area contributed by atoms with Crippen LogP contribution in [0.5, 0.6) is 0 Å². The molecule has 0 saturated carbocycles. The highest BCUT2D eigenvalue weighted by atomic mass is 79.9. The highest BCUT2D eigenvalue weighted by Crippen LogP contribution is 2.23. The lowest BCUT2D eigenvalue weighted by Crippen LogP contribution is -2.20. The minimum absolute atomic E-state index is 0.270. The van der Waals surface area contributed by atoms with Crippen molar-refractivity contribution in [1.29, 1.82) is 0 Å². The number of halogens is 3. The van der Waals surface area contributed by atoms with E-state index < -0.39 is 0 Å². The van der Waals surface area contributed by atoms with Gasteiger partial charge in [0.05, 0.1) is 0 Å². The van der Waals surface area contributed by atoms with Crippen molar-refractivity contribution in [3.63, 3.8) is 0 Å². The molecule has 1 saturated heterocycles. The Kier molecular flexibility index (Phi) is 4.22. The van der Waals surface area contributed by atoms with Gasteiger partial charge in [0, 0.05) is 23.4 Å². The van der Waals surface area contributed by atoms with E-state index in [9.17, 15) is 4.39 Å². The second-order valence-corrected chi connectivity index (χ2v) is 5.33. The fourth-order valence-corrected chi connectivity index (χ4v) is 2.83. The Hall–Kier alpha value is -0.120. The van der Waals surface area contributed by atoms with Crippen LogP contribution in [0.2, 0.25) is 5.02 Å². The Labute approximate surface area is 109 Å². The predicted molar refractivity (Wildman–Crippen MR) is 68.6 cm³/mol. The molecule has 4 heteroatoms. The largest absolute Gasteiger partial charge is 0.299 e. The van der Waals surface area contributed by atoms with Gasteiger partial charge in [-0.2, -0.15) is 0 Å². The summed E-state index contributed by atoms with van der Waals surface area (Å²) in [6, 6.07) is 4.63. The van der Waals surface area contributed by atoms with Crippen molar-refractivity contribution in [1.82, 2.24) is 4.90 Å². The van der Waals surface area contributed by atoms with E-state index in [2.05, 4.69) is 20.8 Å². The molecule has 0 spiro atoms. The molecule has 0 aliphatic carbocycles. The zero-order valence-electron chi connectivity index (χ0n) is 8.93. The van der Waals surface area contributed by atoms with Crippen LogP contribution in [-0.4, -0.2) is 23.3 Å². The smallest absolute Gasteiger partial charge is 0.124 e. The van der Waals surface area contributed by atoms with Crippen molar-refractivity contribution in [2.75, 3.05) is 18.4 Å². The third-order valence-electron chi connectivity index (χ3n) is 3.00. The molecule has 0 N–H and O–H groups in total. The summed E-state index contributed by atoms with van der Waals surface area (Å²) in [6.07, 6.45) is 1.23. The number of alkyl halides is 1. The van der Waals surface area contributed by atoms with E-state index in [1.54, 1.807) is 6.07 Å². The lowest BCUT2D eigenvalue weighted by atomic mass is 10.2. The van der Waals surface area contributed by atoms with Crippen LogP contribution in [0.25, 0.3) is 0 Å². The topological polar surface area (TPSA) is 3.24 Å². The quantitative estimate of drug-likeness (QED) is 0.770. The monoisotopic (exact) mass is 305 g/mol. The van der Waals surface area contributed by atoms with E-state index in [1.807, 2.05) is 0 Å². The molecular weight excluding hydrogens is 292 g/mol. The van der Waals surface area contributed by atoms with Crippen LogP contribution in [0.4, 0.5) is 4.39 Å². The molecule has 1 aromatic carbocycles. The number of hydrogen-bond donors (Lipinski definition) is 0. The summed E-state index contributed by atoms with van der Waals surface area (Å²) in [7, 11) is 0. The molecule has 1 aliphatic rings. The molecule has 0 aromatic heterocycles. The van der Waals surface area contributed by atoms with Gasteiger partial charge in [-0.25, -0.2) is 4.39 Å². The SMILES string of the molecule is Fc1ccc(CN2CCC(CBr)C2)c(Cl)c1. The van der Waals surface area contributed by atoms with Gasteiger partial charge in [0.1, 0.15) is 5.82 Å². The van der Waals surface area contributed by atoms with Crippen LogP contribution < -0.4 is 0 Å². The third kappa shape index (κ3) is 2.96. The molecule has 0 radical (unpaired) electrons. The molecule has 1 atom stereocenters. The fourth-order valence-electron chi connectivity index (χ4n) is 2.07. The molecule has 1 aliphatic heterocycles. The molecule has 0 bridgehead atoms. The molecule has 1 heterocycles. The molecule has 1 fully saturated rings. The van der Waals surface area contributed by atoms with Crippen LogP contribution in [0.15, 0.2) is 18.2 Å². The lowest BCUT2D eigenvalue weighted by molar-refractivity contribution is 0.321. The molecule has 1 unspecified atom stereocenters. The summed E-state index contributed by atoms with van der Waals surface area (Å²) in [5, 5.41) is 1.59. The zero-order chi connectivity index (χ0) is 11.5. The minimum atomic E-state index is -0.270. The maximum absolute atomic E-state index is 12.9. The fraction of sp³-hybridized carbons (Fsp3) is 0.500. The van der Waals surface area contributed by atoms with Crippen molar-refractivity contribution in [2.24, 2.45) is 5.92 Å². The van der Waals surface area contributed by atoms with Crippen LogP contribution in [0.3, 0.4) is 0 Å². The number of nitrogens with zero attached hydrogens (tertiary/aromatic N) is 1. The first kappa shape index (κ1) is 12.3. The summed E-state index contributed by atoms with van der Waals surface area (Å²) >= 11 is 9.51. The van der Waals surface area contributed by atoms with Crippen LogP contribution in [0, 0.1) is 11.7 Å². The Bertz CT molecular complexity index is 372. The number of hydrogen-bond acceptors (Lipinski definition) is 1. The van der Waals surface area contributed by atoms with Gasteiger partial charge in [-0.15, -0.1) is 0 Å². The average molecular weight is 307 g/mol. The Morgan fingerprint density at radius 2 is 2.31 bits per heavy atom. The summed E-state index contributed by atoms with van der Waals surface area (Å²) in [5.74, 6) is 0.465. The average Bonchev–Trinajstić information content (AvgIpc) is 2.70. The van der Waals surface area contributed by atoms with Gasteiger partial charge < -0.3 is 0 Å². The predicted octanol–water partition coefficient (Wildman–Crippen LogP) is 3.70. The summed E-state index contributed by atoms with van der Waals surface area (Å²) < 4.78 is 12.9. The normalized spacial score (nSPS) is 21.6. The Balaban J connectivity index is 1.99. The maximum Gasteiger partial charge on any atom is 0.124 e. The van der Waals surface area contributed by atoms with E-state index >= 15 is 0 Å². The van der Waals surface area contributed by atoms with Crippen molar-refractivity contribution < 1.29 is 4.39 Å². The highest BCUT2D eigenvalue weighted by molar-refractivity contribution is 9.09. The number of benzene rings is 1. The van der Waals surface area contributed by atoms with Crippen LogP contribution in [-0.2, 0) is 6.54 Å². The van der Waals surface area contributed by atoms with Crippen molar-refractivity contribution >= 4 is 27.5 Å². The van der Waals surface area contributed by atoms with Crippen molar-refractivity contribution in [3.05, 3.63) is 34.6 Å². The van der Waals surface area contributed by atoms with Crippen molar-refractivity contribution in [2.45, 2.75) is 13.0 Å². The molecule has 2 rings (SSSR count). The van der Waals surface area contributed by atoms with Crippen LogP contribution in [0.1, 0.15) is 12.0 Å². The minimum Gasteiger partial charge on any atom is -0.299 e. The van der Waals surface area contributed by atoms with E-state index in [0.29, 0.717) is 5.02 Å². The summed E-state index contributed by atoms with van der Waals surface area (Å²) in [6.45, 7) is 3.02. The van der Waals surface area contributed by atoms with Gasteiger partial charge in [0.15, 0.2) is 0 Å². The molecule has 0 amide bonds. The molecule has 1 nitrogen and oxygen atoms in total. The Morgan fingerprint density at radius 1 is 1.50 bits per heavy atom.